The summed E-state index contributed by atoms with van der Waals surface area (Å²) in [6.45, 7) is 4.08. The Hall–Kier alpha value is -0.710. The van der Waals surface area contributed by atoms with E-state index in [0.717, 1.165) is 11.3 Å². The Labute approximate surface area is 117 Å². The molecule has 0 spiro atoms. The summed E-state index contributed by atoms with van der Waals surface area (Å²) in [5, 5.41) is 12.5. The summed E-state index contributed by atoms with van der Waals surface area (Å²) in [6, 6.07) is 5.42. The van der Waals surface area contributed by atoms with Gasteiger partial charge in [0.2, 0.25) is 5.91 Å². The lowest BCUT2D eigenvalue weighted by molar-refractivity contribution is -0.113. The summed E-state index contributed by atoms with van der Waals surface area (Å²) in [6.07, 6.45) is 0.703. The zero-order valence-corrected chi connectivity index (χ0v) is 12.1. The van der Waals surface area contributed by atoms with E-state index in [2.05, 4.69) is 5.32 Å². The van der Waals surface area contributed by atoms with Crippen molar-refractivity contribution in [2.45, 2.75) is 25.5 Å². The predicted molar refractivity (Wildman–Crippen MR) is 78.4 cm³/mol. The van der Waals surface area contributed by atoms with E-state index in [1.165, 1.54) is 11.8 Å². The number of thioether (sulfide) groups is 1. The fourth-order valence-corrected chi connectivity index (χ4v) is 2.35. The summed E-state index contributed by atoms with van der Waals surface area (Å²) in [5.41, 5.74) is 1.74. The summed E-state index contributed by atoms with van der Waals surface area (Å²) in [4.78, 5) is 11.7. The van der Waals surface area contributed by atoms with Crippen molar-refractivity contribution in [2.75, 3.05) is 17.7 Å². The van der Waals surface area contributed by atoms with E-state index < -0.39 is 0 Å². The van der Waals surface area contributed by atoms with Crippen molar-refractivity contribution in [3.05, 3.63) is 28.8 Å². The molecule has 2 N–H and O–H groups in total. The maximum Gasteiger partial charge on any atom is 0.234 e. The molecule has 0 aliphatic carbocycles. The average molecular weight is 288 g/mol. The average Bonchev–Trinajstić information content (AvgIpc) is 2.32. The second-order valence-electron chi connectivity index (χ2n) is 4.14. The zero-order valence-electron chi connectivity index (χ0n) is 10.6. The zero-order chi connectivity index (χ0) is 13.5. The van der Waals surface area contributed by atoms with E-state index in [1.54, 1.807) is 12.1 Å². The molecule has 1 amide bonds. The molecule has 5 heteroatoms. The van der Waals surface area contributed by atoms with Crippen LogP contribution in [0.2, 0.25) is 5.02 Å². The third kappa shape index (κ3) is 5.29. The van der Waals surface area contributed by atoms with Crippen molar-refractivity contribution in [3.63, 3.8) is 0 Å². The van der Waals surface area contributed by atoms with E-state index in [9.17, 15) is 4.79 Å². The van der Waals surface area contributed by atoms with Crippen molar-refractivity contribution in [2.24, 2.45) is 0 Å². The van der Waals surface area contributed by atoms with Gasteiger partial charge in [0.15, 0.2) is 0 Å². The Morgan fingerprint density at radius 2 is 2.28 bits per heavy atom. The molecule has 100 valence electrons. The van der Waals surface area contributed by atoms with E-state index in [1.807, 2.05) is 19.9 Å². The number of hydrogen-bond acceptors (Lipinski definition) is 3. The summed E-state index contributed by atoms with van der Waals surface area (Å²) in [5.74, 6) is 0.336. The fourth-order valence-electron chi connectivity index (χ4n) is 1.40. The molecular weight excluding hydrogens is 270 g/mol. The first-order chi connectivity index (χ1) is 8.52. The number of carbonyl (C=O) groups is 1. The SMILES string of the molecule is Cc1ccc(Cl)cc1NC(=O)CSC(C)CCO. The van der Waals surface area contributed by atoms with Gasteiger partial charge in [0.05, 0.1) is 5.75 Å². The van der Waals surface area contributed by atoms with Gasteiger partial charge in [0.25, 0.3) is 0 Å². The molecule has 1 aromatic rings. The van der Waals surface area contributed by atoms with Crippen LogP contribution in [0, 0.1) is 6.92 Å². The number of amides is 1. The van der Waals surface area contributed by atoms with E-state index in [4.69, 9.17) is 16.7 Å². The van der Waals surface area contributed by atoms with Crippen molar-refractivity contribution >= 4 is 35.0 Å². The molecule has 0 heterocycles. The summed E-state index contributed by atoms with van der Waals surface area (Å²) >= 11 is 7.42. The van der Waals surface area contributed by atoms with Crippen molar-refractivity contribution in [1.29, 1.82) is 0 Å². The van der Waals surface area contributed by atoms with Gasteiger partial charge in [0.1, 0.15) is 0 Å². The molecule has 0 saturated carbocycles. The van der Waals surface area contributed by atoms with Gasteiger partial charge < -0.3 is 10.4 Å². The number of rotatable bonds is 6. The normalized spacial score (nSPS) is 12.2. The third-order valence-electron chi connectivity index (χ3n) is 2.51. The molecule has 3 nitrogen and oxygen atoms in total. The molecule has 1 unspecified atom stereocenters. The van der Waals surface area contributed by atoms with Gasteiger partial charge in [-0.1, -0.05) is 24.6 Å². The van der Waals surface area contributed by atoms with Gasteiger partial charge in [-0.2, -0.15) is 0 Å². The Morgan fingerprint density at radius 1 is 1.56 bits per heavy atom. The number of nitrogens with one attached hydrogen (secondary N) is 1. The van der Waals surface area contributed by atoms with E-state index in [-0.39, 0.29) is 17.8 Å². The smallest absolute Gasteiger partial charge is 0.234 e. The minimum atomic E-state index is -0.0462. The summed E-state index contributed by atoms with van der Waals surface area (Å²) < 4.78 is 0. The number of aryl methyl sites for hydroxylation is 1. The number of halogens is 1. The second-order valence-corrected chi connectivity index (χ2v) is 6.00. The van der Waals surface area contributed by atoms with Crippen LogP contribution < -0.4 is 5.32 Å². The van der Waals surface area contributed by atoms with E-state index in [0.29, 0.717) is 17.2 Å². The van der Waals surface area contributed by atoms with Crippen LogP contribution in [0.4, 0.5) is 5.69 Å². The van der Waals surface area contributed by atoms with Crippen LogP contribution in [-0.2, 0) is 4.79 Å². The lowest BCUT2D eigenvalue weighted by Crippen LogP contribution is -2.16. The van der Waals surface area contributed by atoms with Gasteiger partial charge >= 0.3 is 0 Å². The number of aliphatic hydroxyl groups is 1. The number of hydrogen-bond donors (Lipinski definition) is 2. The van der Waals surface area contributed by atoms with Crippen LogP contribution in [-0.4, -0.2) is 28.6 Å². The first kappa shape index (κ1) is 15.3. The lowest BCUT2D eigenvalue weighted by atomic mass is 10.2. The maximum atomic E-state index is 11.7. The lowest BCUT2D eigenvalue weighted by Gasteiger charge is -2.11. The molecule has 1 aromatic carbocycles. The molecule has 0 saturated heterocycles. The van der Waals surface area contributed by atoms with Crippen molar-refractivity contribution < 1.29 is 9.90 Å². The molecule has 1 rings (SSSR count). The van der Waals surface area contributed by atoms with Gasteiger partial charge in [-0.05, 0) is 31.0 Å². The molecule has 0 aliphatic rings. The van der Waals surface area contributed by atoms with Crippen molar-refractivity contribution in [1.82, 2.24) is 0 Å². The first-order valence-electron chi connectivity index (χ1n) is 5.81. The van der Waals surface area contributed by atoms with Crippen LogP contribution in [0.3, 0.4) is 0 Å². The predicted octanol–water partition coefficient (Wildman–Crippen LogP) is 3.09. The Kier molecular flexibility index (Phi) is 6.54. The first-order valence-corrected chi connectivity index (χ1v) is 7.24. The van der Waals surface area contributed by atoms with Gasteiger partial charge in [-0.15, -0.1) is 11.8 Å². The highest BCUT2D eigenvalue weighted by molar-refractivity contribution is 8.00. The third-order valence-corrected chi connectivity index (χ3v) is 3.98. The summed E-state index contributed by atoms with van der Waals surface area (Å²) in [7, 11) is 0. The fraction of sp³-hybridized carbons (Fsp3) is 0.462. The van der Waals surface area contributed by atoms with Crippen LogP contribution in [0.5, 0.6) is 0 Å². The second kappa shape index (κ2) is 7.67. The highest BCUT2D eigenvalue weighted by atomic mass is 35.5. The molecule has 0 aromatic heterocycles. The minimum Gasteiger partial charge on any atom is -0.396 e. The maximum absolute atomic E-state index is 11.7. The Balaban J connectivity index is 2.47. The molecular formula is C13H18ClNO2S. The highest BCUT2D eigenvalue weighted by Gasteiger charge is 2.08. The standard InChI is InChI=1S/C13H18ClNO2S/c1-9-3-4-11(14)7-12(9)15-13(17)8-18-10(2)5-6-16/h3-4,7,10,16H,5-6,8H2,1-2H3,(H,15,17). The number of anilines is 1. The Bertz CT molecular complexity index is 412. The monoisotopic (exact) mass is 287 g/mol. The van der Waals surface area contributed by atoms with Crippen LogP contribution in [0.1, 0.15) is 18.9 Å². The van der Waals surface area contributed by atoms with Gasteiger partial charge in [0, 0.05) is 22.6 Å². The van der Waals surface area contributed by atoms with E-state index >= 15 is 0 Å². The Morgan fingerprint density at radius 3 is 2.94 bits per heavy atom. The quantitative estimate of drug-likeness (QED) is 0.845. The number of benzene rings is 1. The molecule has 0 bridgehead atoms. The van der Waals surface area contributed by atoms with Crippen LogP contribution in [0.25, 0.3) is 0 Å². The largest absolute Gasteiger partial charge is 0.396 e. The molecule has 0 fully saturated rings. The number of carbonyl (C=O) groups excluding carboxylic acids is 1. The highest BCUT2D eigenvalue weighted by Crippen LogP contribution is 2.21. The van der Waals surface area contributed by atoms with Gasteiger partial charge in [-0.25, -0.2) is 0 Å². The molecule has 18 heavy (non-hydrogen) atoms. The van der Waals surface area contributed by atoms with Crippen molar-refractivity contribution in [3.8, 4) is 0 Å². The van der Waals surface area contributed by atoms with Crippen LogP contribution >= 0.6 is 23.4 Å². The minimum absolute atomic E-state index is 0.0462. The van der Waals surface area contributed by atoms with Gasteiger partial charge in [-0.3, -0.25) is 4.79 Å². The van der Waals surface area contributed by atoms with Crippen LogP contribution in [0.15, 0.2) is 18.2 Å². The topological polar surface area (TPSA) is 49.3 Å². The molecule has 1 atom stereocenters. The molecule has 0 radical (unpaired) electrons. The molecule has 0 aliphatic heterocycles. The number of aliphatic hydroxyl groups excluding tert-OH is 1.